The first-order valence-electron chi connectivity index (χ1n) is 7.80. The van der Waals surface area contributed by atoms with E-state index in [4.69, 9.17) is 10.3 Å². The van der Waals surface area contributed by atoms with Crippen molar-refractivity contribution in [3.8, 4) is 11.4 Å². The molecule has 0 amide bonds. The van der Waals surface area contributed by atoms with Crippen molar-refractivity contribution in [1.29, 1.82) is 0 Å². The third kappa shape index (κ3) is 3.16. The topological polar surface area (TPSA) is 64.9 Å². The van der Waals surface area contributed by atoms with Gasteiger partial charge in [0.15, 0.2) is 0 Å². The van der Waals surface area contributed by atoms with Crippen molar-refractivity contribution in [1.82, 2.24) is 10.1 Å². The van der Waals surface area contributed by atoms with Gasteiger partial charge in [-0.3, -0.25) is 0 Å². The van der Waals surface area contributed by atoms with Gasteiger partial charge in [0.1, 0.15) is 0 Å². The Labute approximate surface area is 125 Å². The molecule has 0 unspecified atom stereocenters. The lowest BCUT2D eigenvalue weighted by Crippen LogP contribution is -2.35. The van der Waals surface area contributed by atoms with Gasteiger partial charge in [-0.25, -0.2) is 0 Å². The molecule has 21 heavy (non-hydrogen) atoms. The smallest absolute Gasteiger partial charge is 0.227 e. The van der Waals surface area contributed by atoms with Crippen LogP contribution in [-0.4, -0.2) is 16.7 Å². The summed E-state index contributed by atoms with van der Waals surface area (Å²) in [5, 5.41) is 4.13. The van der Waals surface area contributed by atoms with Gasteiger partial charge < -0.3 is 10.3 Å². The zero-order chi connectivity index (χ0) is 14.7. The zero-order valence-electron chi connectivity index (χ0n) is 12.6. The molecule has 0 atom stereocenters. The summed E-state index contributed by atoms with van der Waals surface area (Å²) in [6.45, 7) is 2.77. The van der Waals surface area contributed by atoms with Crippen molar-refractivity contribution in [3.05, 3.63) is 35.7 Å². The molecule has 1 aliphatic rings. The molecule has 0 aliphatic heterocycles. The quantitative estimate of drug-likeness (QED) is 0.933. The average Bonchev–Trinajstić information content (AvgIpc) is 2.96. The highest BCUT2D eigenvalue weighted by molar-refractivity contribution is 5.55. The molecule has 3 rings (SSSR count). The first kappa shape index (κ1) is 14.3. The molecule has 0 spiro atoms. The summed E-state index contributed by atoms with van der Waals surface area (Å²) in [5.41, 5.74) is 8.40. The number of aryl methyl sites for hydroxylation is 1. The van der Waals surface area contributed by atoms with E-state index in [1.54, 1.807) is 0 Å². The van der Waals surface area contributed by atoms with Crippen LogP contribution in [0.2, 0.25) is 0 Å². The van der Waals surface area contributed by atoms with Crippen LogP contribution in [-0.2, 0) is 6.42 Å². The van der Waals surface area contributed by atoms with E-state index in [1.165, 1.54) is 37.7 Å². The van der Waals surface area contributed by atoms with Gasteiger partial charge >= 0.3 is 0 Å². The van der Waals surface area contributed by atoms with Crippen molar-refractivity contribution < 1.29 is 4.52 Å². The molecule has 2 aromatic rings. The van der Waals surface area contributed by atoms with Crippen molar-refractivity contribution in [2.75, 3.05) is 6.54 Å². The first-order valence-corrected chi connectivity index (χ1v) is 7.80. The highest BCUT2D eigenvalue weighted by Crippen LogP contribution is 2.38. The summed E-state index contributed by atoms with van der Waals surface area (Å²) >= 11 is 0. The Balaban J connectivity index is 1.78. The Kier molecular flexibility index (Phi) is 4.06. The van der Waals surface area contributed by atoms with Crippen molar-refractivity contribution in [2.45, 2.75) is 45.4 Å². The van der Waals surface area contributed by atoms with E-state index in [0.717, 1.165) is 17.9 Å². The maximum atomic E-state index is 6.03. The van der Waals surface area contributed by atoms with Crippen LogP contribution in [0.1, 0.15) is 43.6 Å². The second-order valence-electron chi connectivity index (χ2n) is 6.32. The predicted octanol–water partition coefficient (Wildman–Crippen LogP) is 3.50. The Morgan fingerprint density at radius 1 is 1.24 bits per heavy atom. The average molecular weight is 285 g/mol. The van der Waals surface area contributed by atoms with Crippen molar-refractivity contribution in [3.63, 3.8) is 0 Å². The van der Waals surface area contributed by atoms with Gasteiger partial charge in [-0.1, -0.05) is 48.2 Å². The number of benzene rings is 1. The molecule has 0 saturated heterocycles. The van der Waals surface area contributed by atoms with Crippen LogP contribution in [0.15, 0.2) is 28.8 Å². The van der Waals surface area contributed by atoms with Crippen LogP contribution in [0.5, 0.6) is 0 Å². The summed E-state index contributed by atoms with van der Waals surface area (Å²) in [7, 11) is 0. The van der Waals surface area contributed by atoms with Crippen LogP contribution >= 0.6 is 0 Å². The van der Waals surface area contributed by atoms with Crippen LogP contribution < -0.4 is 5.73 Å². The van der Waals surface area contributed by atoms with E-state index in [-0.39, 0.29) is 5.41 Å². The van der Waals surface area contributed by atoms with E-state index >= 15 is 0 Å². The summed E-state index contributed by atoms with van der Waals surface area (Å²) < 4.78 is 5.47. The molecule has 0 radical (unpaired) electrons. The van der Waals surface area contributed by atoms with Gasteiger partial charge in [0.05, 0.1) is 0 Å². The lowest BCUT2D eigenvalue weighted by atomic mass is 9.72. The summed E-state index contributed by atoms with van der Waals surface area (Å²) in [6.07, 6.45) is 6.99. The van der Waals surface area contributed by atoms with Gasteiger partial charge in [-0.05, 0) is 37.8 Å². The number of hydrogen-bond donors (Lipinski definition) is 1. The minimum atomic E-state index is 0.161. The molecule has 1 aromatic heterocycles. The molecule has 0 bridgehead atoms. The zero-order valence-corrected chi connectivity index (χ0v) is 12.6. The lowest BCUT2D eigenvalue weighted by molar-refractivity contribution is 0.177. The van der Waals surface area contributed by atoms with E-state index in [0.29, 0.717) is 12.4 Å². The number of rotatable bonds is 4. The SMILES string of the molecule is Cc1cccc(-c2noc(CC3(CN)CCCCC3)n2)c1. The number of hydrogen-bond acceptors (Lipinski definition) is 4. The molecular weight excluding hydrogens is 262 g/mol. The maximum Gasteiger partial charge on any atom is 0.227 e. The third-order valence-electron chi connectivity index (χ3n) is 4.62. The molecular formula is C17H23N3O. The van der Waals surface area contributed by atoms with E-state index in [2.05, 4.69) is 29.2 Å². The standard InChI is InChI=1S/C17H23N3O/c1-13-6-5-7-14(10-13)16-19-15(21-20-16)11-17(12-18)8-3-2-4-9-17/h5-7,10H,2-4,8-9,11-12,18H2,1H3. The Morgan fingerprint density at radius 2 is 2.05 bits per heavy atom. The largest absolute Gasteiger partial charge is 0.339 e. The molecule has 1 saturated carbocycles. The van der Waals surface area contributed by atoms with E-state index in [9.17, 15) is 0 Å². The normalized spacial score (nSPS) is 17.8. The van der Waals surface area contributed by atoms with Gasteiger partial charge in [-0.2, -0.15) is 4.98 Å². The molecule has 112 valence electrons. The molecule has 1 aromatic carbocycles. The minimum absolute atomic E-state index is 0.161. The number of aromatic nitrogens is 2. The Hall–Kier alpha value is -1.68. The lowest BCUT2D eigenvalue weighted by Gasteiger charge is -2.34. The predicted molar refractivity (Wildman–Crippen MR) is 82.7 cm³/mol. The van der Waals surface area contributed by atoms with Gasteiger partial charge in [-0.15, -0.1) is 0 Å². The van der Waals surface area contributed by atoms with Gasteiger partial charge in [0, 0.05) is 12.0 Å². The molecule has 1 aliphatic carbocycles. The maximum absolute atomic E-state index is 6.03. The Morgan fingerprint density at radius 3 is 2.76 bits per heavy atom. The molecule has 4 nitrogen and oxygen atoms in total. The highest BCUT2D eigenvalue weighted by atomic mass is 16.5. The van der Waals surface area contributed by atoms with Gasteiger partial charge in [0.2, 0.25) is 11.7 Å². The highest BCUT2D eigenvalue weighted by Gasteiger charge is 2.32. The fourth-order valence-corrected chi connectivity index (χ4v) is 3.30. The number of nitrogens with two attached hydrogens (primary N) is 1. The second kappa shape index (κ2) is 5.98. The van der Waals surface area contributed by atoms with Crippen LogP contribution in [0.4, 0.5) is 0 Å². The van der Waals surface area contributed by atoms with Crippen LogP contribution in [0, 0.1) is 12.3 Å². The van der Waals surface area contributed by atoms with Crippen LogP contribution in [0.3, 0.4) is 0 Å². The monoisotopic (exact) mass is 285 g/mol. The first-order chi connectivity index (χ1) is 10.2. The number of nitrogens with zero attached hydrogens (tertiary/aromatic N) is 2. The molecule has 2 N–H and O–H groups in total. The fourth-order valence-electron chi connectivity index (χ4n) is 3.30. The second-order valence-corrected chi connectivity index (χ2v) is 6.32. The Bertz CT molecular complexity index is 600. The minimum Gasteiger partial charge on any atom is -0.339 e. The van der Waals surface area contributed by atoms with Crippen molar-refractivity contribution in [2.24, 2.45) is 11.1 Å². The fraction of sp³-hybridized carbons (Fsp3) is 0.529. The molecule has 1 heterocycles. The molecule has 1 fully saturated rings. The summed E-state index contributed by atoms with van der Waals surface area (Å²) in [5.74, 6) is 1.40. The summed E-state index contributed by atoms with van der Waals surface area (Å²) in [4.78, 5) is 4.58. The van der Waals surface area contributed by atoms with Crippen molar-refractivity contribution >= 4 is 0 Å². The van der Waals surface area contributed by atoms with Gasteiger partial charge in [0.25, 0.3) is 0 Å². The van der Waals surface area contributed by atoms with E-state index in [1.807, 2.05) is 12.1 Å². The summed E-state index contributed by atoms with van der Waals surface area (Å²) in [6, 6.07) is 8.17. The van der Waals surface area contributed by atoms with E-state index < -0.39 is 0 Å². The van der Waals surface area contributed by atoms with Crippen LogP contribution in [0.25, 0.3) is 11.4 Å². The molecule has 4 heteroatoms. The third-order valence-corrected chi connectivity index (χ3v) is 4.62.